The second-order valence-corrected chi connectivity index (χ2v) is 2.88. The van der Waals surface area contributed by atoms with Crippen molar-refractivity contribution in [1.29, 1.82) is 0 Å². The average molecular weight is 178 g/mol. The van der Waals surface area contributed by atoms with Gasteiger partial charge in [-0.25, -0.2) is 0 Å². The van der Waals surface area contributed by atoms with Crippen LogP contribution in [0.5, 0.6) is 0 Å². The van der Waals surface area contributed by atoms with Crippen LogP contribution >= 0.6 is 0 Å². The van der Waals surface area contributed by atoms with Crippen molar-refractivity contribution < 1.29 is 20.1 Å². The molecule has 7 N–H and O–H groups in total. The van der Waals surface area contributed by atoms with Crippen molar-refractivity contribution in [2.45, 2.75) is 30.6 Å². The molecule has 0 bridgehead atoms. The van der Waals surface area contributed by atoms with E-state index in [1.54, 1.807) is 0 Å². The van der Waals surface area contributed by atoms with E-state index in [1.165, 1.54) is 0 Å². The molecule has 1 rings (SSSR count). The number of hydrogen-bond acceptors (Lipinski definition) is 6. The van der Waals surface area contributed by atoms with Gasteiger partial charge in [-0.05, 0) is 0 Å². The van der Waals surface area contributed by atoms with Gasteiger partial charge in [0.2, 0.25) is 0 Å². The minimum atomic E-state index is -1.18. The predicted molar refractivity (Wildman–Crippen MR) is 39.9 cm³/mol. The van der Waals surface area contributed by atoms with Gasteiger partial charge in [0.15, 0.2) is 0 Å². The lowest BCUT2D eigenvalue weighted by Crippen LogP contribution is -2.64. The van der Waals surface area contributed by atoms with Gasteiger partial charge in [-0.3, -0.25) is 0 Å². The molecule has 1 fully saturated rings. The lowest BCUT2D eigenvalue weighted by Gasteiger charge is -2.38. The molecule has 0 aromatic heterocycles. The Bertz CT molecular complexity index is 152. The largest absolute Gasteiger partial charge is 0.394 e. The van der Waals surface area contributed by atoms with Gasteiger partial charge >= 0.3 is 0 Å². The first-order valence-corrected chi connectivity index (χ1v) is 3.71. The molecule has 12 heavy (non-hydrogen) atoms. The number of ether oxygens (including phenoxy) is 1. The number of aliphatic hydroxyl groups is 3. The smallest absolute Gasteiger partial charge is 0.124 e. The molecule has 0 aromatic carbocycles. The summed E-state index contributed by atoms with van der Waals surface area (Å²) in [5.41, 5.74) is 10.8. The highest BCUT2D eigenvalue weighted by molar-refractivity contribution is 4.92. The maximum atomic E-state index is 9.27. The summed E-state index contributed by atoms with van der Waals surface area (Å²) in [6.45, 7) is -0.390. The van der Waals surface area contributed by atoms with E-state index >= 15 is 0 Å². The Morgan fingerprint density at radius 2 is 1.75 bits per heavy atom. The molecule has 6 nitrogen and oxygen atoms in total. The van der Waals surface area contributed by atoms with Gasteiger partial charge in [0.25, 0.3) is 0 Å². The van der Waals surface area contributed by atoms with Gasteiger partial charge in [-0.1, -0.05) is 0 Å². The molecule has 0 radical (unpaired) electrons. The molecular formula is C6H14N2O4. The highest BCUT2D eigenvalue weighted by atomic mass is 16.5. The summed E-state index contributed by atoms with van der Waals surface area (Å²) < 4.78 is 4.92. The molecule has 1 aliphatic rings. The molecule has 1 aliphatic heterocycles. The van der Waals surface area contributed by atoms with Crippen molar-refractivity contribution in [1.82, 2.24) is 0 Å². The van der Waals surface area contributed by atoms with Crippen molar-refractivity contribution in [2.24, 2.45) is 11.5 Å². The van der Waals surface area contributed by atoms with Gasteiger partial charge in [-0.2, -0.15) is 0 Å². The molecule has 0 unspecified atom stereocenters. The molecule has 5 atom stereocenters. The second-order valence-electron chi connectivity index (χ2n) is 2.88. The van der Waals surface area contributed by atoms with Crippen LogP contribution in [0.2, 0.25) is 0 Å². The summed E-state index contributed by atoms with van der Waals surface area (Å²) >= 11 is 0. The first-order valence-electron chi connectivity index (χ1n) is 3.71. The molecule has 1 heterocycles. The van der Waals surface area contributed by atoms with Crippen LogP contribution in [0.15, 0.2) is 0 Å². The normalized spacial score (nSPS) is 49.2. The van der Waals surface area contributed by atoms with Crippen molar-refractivity contribution in [3.63, 3.8) is 0 Å². The predicted octanol–water partition coefficient (Wildman–Crippen LogP) is -3.29. The first kappa shape index (κ1) is 9.85. The Hall–Kier alpha value is -0.240. The van der Waals surface area contributed by atoms with Gasteiger partial charge < -0.3 is 31.5 Å². The Morgan fingerprint density at radius 3 is 2.25 bits per heavy atom. The Balaban J connectivity index is 2.63. The Morgan fingerprint density at radius 1 is 1.17 bits per heavy atom. The van der Waals surface area contributed by atoms with Crippen LogP contribution in [0, 0.1) is 0 Å². The molecular weight excluding hydrogens is 164 g/mol. The molecule has 1 saturated heterocycles. The van der Waals surface area contributed by atoms with Crippen LogP contribution < -0.4 is 11.5 Å². The van der Waals surface area contributed by atoms with Crippen LogP contribution in [-0.4, -0.2) is 52.5 Å². The standard InChI is InChI=1S/C6H14N2O4/c7-3-5(11)4(10)2(1-9)12-6(3)8/h2-6,9-11H,1,7-8H2/t2-,3-,4-,5-,6-/m1/s1. The Labute approximate surface area is 69.7 Å². The SMILES string of the molecule is N[C@@H]1[C@@H](O)[C@H](O)[C@@H](CO)O[C@H]1N. The van der Waals surface area contributed by atoms with Gasteiger partial charge in [0.05, 0.1) is 12.6 Å². The summed E-state index contributed by atoms with van der Waals surface area (Å²) in [4.78, 5) is 0. The third-order valence-corrected chi connectivity index (χ3v) is 2.02. The van der Waals surface area contributed by atoms with Crippen LogP contribution in [0.3, 0.4) is 0 Å². The van der Waals surface area contributed by atoms with Crippen molar-refractivity contribution in [2.75, 3.05) is 6.61 Å². The van der Waals surface area contributed by atoms with Crippen molar-refractivity contribution in [3.8, 4) is 0 Å². The van der Waals surface area contributed by atoms with Gasteiger partial charge in [0, 0.05) is 0 Å². The summed E-state index contributed by atoms with van der Waals surface area (Å²) in [5, 5.41) is 27.2. The van der Waals surface area contributed by atoms with E-state index in [4.69, 9.17) is 21.3 Å². The summed E-state index contributed by atoms with van der Waals surface area (Å²) in [6.07, 6.45) is -4.02. The van der Waals surface area contributed by atoms with E-state index in [9.17, 15) is 10.2 Å². The van der Waals surface area contributed by atoms with E-state index in [0.717, 1.165) is 0 Å². The lowest BCUT2D eigenvalue weighted by atomic mass is 9.97. The maximum absolute atomic E-state index is 9.27. The van der Waals surface area contributed by atoms with E-state index in [2.05, 4.69) is 0 Å². The fraction of sp³-hybridized carbons (Fsp3) is 1.00. The van der Waals surface area contributed by atoms with Gasteiger partial charge in [-0.15, -0.1) is 0 Å². The fourth-order valence-corrected chi connectivity index (χ4v) is 1.17. The molecule has 0 saturated carbocycles. The molecule has 6 heteroatoms. The second kappa shape index (κ2) is 3.65. The average Bonchev–Trinajstić information content (AvgIpc) is 2.08. The lowest BCUT2D eigenvalue weighted by molar-refractivity contribution is -0.186. The number of nitrogens with two attached hydrogens (primary N) is 2. The van der Waals surface area contributed by atoms with Crippen molar-refractivity contribution in [3.05, 3.63) is 0 Å². The highest BCUT2D eigenvalue weighted by Gasteiger charge is 2.40. The topological polar surface area (TPSA) is 122 Å². The van der Waals surface area contributed by atoms with Crippen LogP contribution in [0.25, 0.3) is 0 Å². The zero-order valence-electron chi connectivity index (χ0n) is 6.50. The first-order chi connectivity index (χ1) is 5.57. The summed E-state index contributed by atoms with van der Waals surface area (Å²) in [6, 6.07) is -0.817. The quantitative estimate of drug-likeness (QED) is 0.287. The fourth-order valence-electron chi connectivity index (χ4n) is 1.17. The summed E-state index contributed by atoms with van der Waals surface area (Å²) in [5.74, 6) is 0. The van der Waals surface area contributed by atoms with E-state index in [1.807, 2.05) is 0 Å². The number of rotatable bonds is 1. The molecule has 0 spiro atoms. The Kier molecular flexibility index (Phi) is 2.99. The zero-order chi connectivity index (χ0) is 9.30. The third kappa shape index (κ3) is 1.58. The van der Waals surface area contributed by atoms with Crippen LogP contribution in [0.1, 0.15) is 0 Å². The maximum Gasteiger partial charge on any atom is 0.124 e. The number of aliphatic hydroxyl groups excluding tert-OH is 3. The number of hydrogen-bond donors (Lipinski definition) is 5. The molecule has 0 aromatic rings. The van der Waals surface area contributed by atoms with E-state index < -0.39 is 37.2 Å². The minimum absolute atomic E-state index is 0.390. The van der Waals surface area contributed by atoms with Gasteiger partial charge in [0.1, 0.15) is 24.5 Å². The molecule has 0 amide bonds. The molecule has 0 aliphatic carbocycles. The highest BCUT2D eigenvalue weighted by Crippen LogP contribution is 2.16. The van der Waals surface area contributed by atoms with Crippen LogP contribution in [-0.2, 0) is 4.74 Å². The minimum Gasteiger partial charge on any atom is -0.394 e. The summed E-state index contributed by atoms with van der Waals surface area (Å²) in [7, 11) is 0. The molecule has 72 valence electrons. The van der Waals surface area contributed by atoms with E-state index in [-0.39, 0.29) is 0 Å². The van der Waals surface area contributed by atoms with E-state index in [0.29, 0.717) is 0 Å². The zero-order valence-corrected chi connectivity index (χ0v) is 6.50. The van der Waals surface area contributed by atoms with Crippen LogP contribution in [0.4, 0.5) is 0 Å². The van der Waals surface area contributed by atoms with Crippen molar-refractivity contribution >= 4 is 0 Å². The third-order valence-electron chi connectivity index (χ3n) is 2.02. The monoisotopic (exact) mass is 178 g/mol.